The van der Waals surface area contributed by atoms with Gasteiger partial charge in [-0.15, -0.1) is 12.4 Å². The molecule has 0 radical (unpaired) electrons. The van der Waals surface area contributed by atoms with Gasteiger partial charge in [0.15, 0.2) is 0 Å². The summed E-state index contributed by atoms with van der Waals surface area (Å²) < 4.78 is 0. The van der Waals surface area contributed by atoms with E-state index in [1.54, 1.807) is 7.05 Å². The number of benzene rings is 1. The van der Waals surface area contributed by atoms with Gasteiger partial charge in [0.05, 0.1) is 5.92 Å². The molecule has 4 heteroatoms. The van der Waals surface area contributed by atoms with Gasteiger partial charge in [0.2, 0.25) is 0 Å². The molecule has 0 aliphatic rings. The van der Waals surface area contributed by atoms with Crippen LogP contribution in [0.15, 0.2) is 30.3 Å². The maximum Gasteiger partial charge on any atom is 0.312 e. The molecule has 0 bridgehead atoms. The summed E-state index contributed by atoms with van der Waals surface area (Å²) >= 11 is 0. The Morgan fingerprint density at radius 1 is 1.31 bits per heavy atom. The first kappa shape index (κ1) is 14.9. The van der Waals surface area contributed by atoms with Crippen molar-refractivity contribution in [2.24, 2.45) is 0 Å². The number of carboxylic acid groups (broad SMARTS) is 1. The number of nitrogens with one attached hydrogen (secondary N) is 1. The Kier molecular flexibility index (Phi) is 5.48. The van der Waals surface area contributed by atoms with Gasteiger partial charge in [-0.1, -0.05) is 30.3 Å². The summed E-state index contributed by atoms with van der Waals surface area (Å²) in [6.07, 6.45) is 0. The first-order valence-corrected chi connectivity index (χ1v) is 4.95. The summed E-state index contributed by atoms with van der Waals surface area (Å²) in [4.78, 5) is 11.3. The molecule has 1 atom stereocenters. The zero-order chi connectivity index (χ0) is 11.5. The van der Waals surface area contributed by atoms with E-state index in [4.69, 9.17) is 0 Å². The lowest BCUT2D eigenvalue weighted by Gasteiger charge is -2.31. The maximum atomic E-state index is 11.3. The topological polar surface area (TPSA) is 49.3 Å². The number of carboxylic acids is 1. The predicted molar refractivity (Wildman–Crippen MR) is 67.2 cm³/mol. The lowest BCUT2D eigenvalue weighted by atomic mass is 9.82. The van der Waals surface area contributed by atoms with Crippen molar-refractivity contribution in [2.45, 2.75) is 25.3 Å². The Bertz CT molecular complexity index is 338. The Balaban J connectivity index is 0.00000225. The molecule has 0 amide bonds. The van der Waals surface area contributed by atoms with E-state index in [-0.39, 0.29) is 12.4 Å². The molecule has 0 aliphatic carbocycles. The smallest absolute Gasteiger partial charge is 0.312 e. The highest BCUT2D eigenvalue weighted by Crippen LogP contribution is 2.27. The Morgan fingerprint density at radius 2 is 1.81 bits per heavy atom. The van der Waals surface area contributed by atoms with Crippen LogP contribution in [0.25, 0.3) is 0 Å². The molecule has 0 spiro atoms. The van der Waals surface area contributed by atoms with Gasteiger partial charge in [0.1, 0.15) is 0 Å². The lowest BCUT2D eigenvalue weighted by molar-refractivity contribution is -0.140. The molecular formula is C12H18ClNO2. The van der Waals surface area contributed by atoms with Gasteiger partial charge in [-0.25, -0.2) is 0 Å². The second-order valence-electron chi connectivity index (χ2n) is 4.15. The summed E-state index contributed by atoms with van der Waals surface area (Å²) in [6.45, 7) is 3.78. The minimum Gasteiger partial charge on any atom is -0.481 e. The summed E-state index contributed by atoms with van der Waals surface area (Å²) in [5.41, 5.74) is 0.358. The van der Waals surface area contributed by atoms with E-state index in [9.17, 15) is 9.90 Å². The van der Waals surface area contributed by atoms with Crippen molar-refractivity contribution >= 4 is 18.4 Å². The second-order valence-corrected chi connectivity index (χ2v) is 4.15. The molecule has 1 rings (SSSR count). The largest absolute Gasteiger partial charge is 0.481 e. The highest BCUT2D eigenvalue weighted by molar-refractivity contribution is 5.85. The van der Waals surface area contributed by atoms with Gasteiger partial charge in [-0.3, -0.25) is 4.79 Å². The minimum absolute atomic E-state index is 0. The standard InChI is InChI=1S/C12H17NO2.ClH/c1-12(2,13-3)10(11(14)15)9-7-5-4-6-8-9;/h4-8,10,13H,1-3H3,(H,14,15);1H. The third-order valence-electron chi connectivity index (χ3n) is 2.75. The van der Waals surface area contributed by atoms with Crippen LogP contribution in [0.1, 0.15) is 25.3 Å². The van der Waals surface area contributed by atoms with Gasteiger partial charge in [0, 0.05) is 5.54 Å². The zero-order valence-electron chi connectivity index (χ0n) is 9.73. The molecule has 1 unspecified atom stereocenters. The Hall–Kier alpha value is -1.06. The third-order valence-corrected chi connectivity index (χ3v) is 2.75. The van der Waals surface area contributed by atoms with Crippen LogP contribution in [0, 0.1) is 0 Å². The molecule has 0 fully saturated rings. The molecule has 90 valence electrons. The van der Waals surface area contributed by atoms with Crippen LogP contribution in [0.3, 0.4) is 0 Å². The van der Waals surface area contributed by atoms with E-state index >= 15 is 0 Å². The molecular weight excluding hydrogens is 226 g/mol. The summed E-state index contributed by atoms with van der Waals surface area (Å²) in [5.74, 6) is -1.34. The highest BCUT2D eigenvalue weighted by Gasteiger charge is 2.34. The van der Waals surface area contributed by atoms with Crippen LogP contribution in [-0.4, -0.2) is 23.7 Å². The Labute approximate surface area is 102 Å². The predicted octanol–water partition coefficient (Wildman–Crippen LogP) is 2.27. The summed E-state index contributed by atoms with van der Waals surface area (Å²) in [5, 5.41) is 12.3. The van der Waals surface area contributed by atoms with Crippen molar-refractivity contribution in [2.75, 3.05) is 7.05 Å². The zero-order valence-corrected chi connectivity index (χ0v) is 10.5. The molecule has 2 N–H and O–H groups in total. The molecule has 1 aromatic carbocycles. The fourth-order valence-corrected chi connectivity index (χ4v) is 1.66. The van der Waals surface area contributed by atoms with E-state index in [0.717, 1.165) is 5.56 Å². The first-order valence-electron chi connectivity index (χ1n) is 4.95. The average Bonchev–Trinajstić information content (AvgIpc) is 2.18. The first-order chi connectivity index (χ1) is 6.99. The van der Waals surface area contributed by atoms with Crippen molar-refractivity contribution in [3.63, 3.8) is 0 Å². The quantitative estimate of drug-likeness (QED) is 0.853. The van der Waals surface area contributed by atoms with Crippen LogP contribution in [-0.2, 0) is 4.79 Å². The number of hydrogen-bond acceptors (Lipinski definition) is 2. The molecule has 0 saturated carbocycles. The van der Waals surface area contributed by atoms with Crippen LogP contribution < -0.4 is 5.32 Å². The number of hydrogen-bond donors (Lipinski definition) is 2. The SMILES string of the molecule is CNC(C)(C)C(C(=O)O)c1ccccc1.Cl. The van der Waals surface area contributed by atoms with Crippen LogP contribution in [0.4, 0.5) is 0 Å². The number of carbonyl (C=O) groups is 1. The maximum absolute atomic E-state index is 11.3. The van der Waals surface area contributed by atoms with E-state index in [1.165, 1.54) is 0 Å². The van der Waals surface area contributed by atoms with E-state index < -0.39 is 17.4 Å². The number of rotatable bonds is 4. The van der Waals surface area contributed by atoms with Crippen molar-refractivity contribution in [3.05, 3.63) is 35.9 Å². The van der Waals surface area contributed by atoms with Crippen molar-refractivity contribution < 1.29 is 9.90 Å². The monoisotopic (exact) mass is 243 g/mol. The van der Waals surface area contributed by atoms with Gasteiger partial charge in [-0.2, -0.15) is 0 Å². The molecule has 0 aliphatic heterocycles. The third kappa shape index (κ3) is 3.22. The van der Waals surface area contributed by atoms with Gasteiger partial charge in [-0.05, 0) is 26.5 Å². The molecule has 0 saturated heterocycles. The van der Waals surface area contributed by atoms with Crippen molar-refractivity contribution in [1.82, 2.24) is 5.32 Å². The average molecular weight is 244 g/mol. The molecule has 1 aromatic rings. The molecule has 3 nitrogen and oxygen atoms in total. The van der Waals surface area contributed by atoms with Crippen LogP contribution in [0.5, 0.6) is 0 Å². The van der Waals surface area contributed by atoms with Crippen LogP contribution in [0.2, 0.25) is 0 Å². The van der Waals surface area contributed by atoms with E-state index in [2.05, 4.69) is 5.32 Å². The van der Waals surface area contributed by atoms with Gasteiger partial charge < -0.3 is 10.4 Å². The Morgan fingerprint density at radius 3 is 2.19 bits per heavy atom. The number of likely N-dealkylation sites (N-methyl/N-ethyl adjacent to an activating group) is 1. The van der Waals surface area contributed by atoms with Crippen molar-refractivity contribution in [3.8, 4) is 0 Å². The fourth-order valence-electron chi connectivity index (χ4n) is 1.66. The van der Waals surface area contributed by atoms with Gasteiger partial charge >= 0.3 is 5.97 Å². The molecule has 0 aromatic heterocycles. The normalized spacial score (nSPS) is 12.7. The minimum atomic E-state index is -0.805. The summed E-state index contributed by atoms with van der Waals surface area (Å²) in [7, 11) is 1.78. The number of halogens is 1. The fraction of sp³-hybridized carbons (Fsp3) is 0.417. The molecule has 0 heterocycles. The summed E-state index contributed by atoms with van der Waals surface area (Å²) in [6, 6.07) is 9.29. The molecule has 16 heavy (non-hydrogen) atoms. The second kappa shape index (κ2) is 5.87. The van der Waals surface area contributed by atoms with Crippen LogP contribution >= 0.6 is 12.4 Å². The van der Waals surface area contributed by atoms with E-state index in [1.807, 2.05) is 44.2 Å². The number of aliphatic carboxylic acids is 1. The van der Waals surface area contributed by atoms with Gasteiger partial charge in [0.25, 0.3) is 0 Å². The van der Waals surface area contributed by atoms with Crippen molar-refractivity contribution in [1.29, 1.82) is 0 Å². The van der Waals surface area contributed by atoms with E-state index in [0.29, 0.717) is 0 Å². The highest BCUT2D eigenvalue weighted by atomic mass is 35.5. The lowest BCUT2D eigenvalue weighted by Crippen LogP contribution is -2.45.